The molecule has 1 heterocycles. The second-order valence-corrected chi connectivity index (χ2v) is 6.01. The molecule has 0 aliphatic heterocycles. The van der Waals surface area contributed by atoms with Gasteiger partial charge >= 0.3 is 11.8 Å². The number of hydrogen-bond acceptors (Lipinski definition) is 4. The maximum atomic E-state index is 11.9. The molecule has 2 aromatic rings. The maximum absolute atomic E-state index is 11.9. The van der Waals surface area contributed by atoms with Gasteiger partial charge < -0.3 is 15.4 Å². The molecule has 1 aromatic carbocycles. The van der Waals surface area contributed by atoms with Gasteiger partial charge in [0.2, 0.25) is 0 Å². The van der Waals surface area contributed by atoms with Gasteiger partial charge in [0.1, 0.15) is 5.75 Å². The van der Waals surface area contributed by atoms with Crippen molar-refractivity contribution < 1.29 is 14.3 Å². The predicted molar refractivity (Wildman–Crippen MR) is 96.4 cm³/mol. The van der Waals surface area contributed by atoms with E-state index < -0.39 is 11.8 Å². The van der Waals surface area contributed by atoms with Crippen molar-refractivity contribution in [1.29, 1.82) is 0 Å². The number of anilines is 1. The predicted octanol–water partition coefficient (Wildman–Crippen LogP) is 2.41. The fourth-order valence-corrected chi connectivity index (χ4v) is 2.02. The Morgan fingerprint density at radius 1 is 1.08 bits per heavy atom. The third kappa shape index (κ3) is 6.63. The number of benzene rings is 1. The van der Waals surface area contributed by atoms with Crippen LogP contribution in [0.3, 0.4) is 0 Å². The summed E-state index contributed by atoms with van der Waals surface area (Å²) in [6.07, 6.45) is 2.26. The number of aromatic nitrogens is 1. The van der Waals surface area contributed by atoms with Gasteiger partial charge in [-0.25, -0.2) is 0 Å². The van der Waals surface area contributed by atoms with Crippen LogP contribution in [0.25, 0.3) is 0 Å². The first-order chi connectivity index (χ1) is 12.0. The van der Waals surface area contributed by atoms with Crippen LogP contribution < -0.4 is 15.4 Å². The molecule has 6 nitrogen and oxygen atoms in total. The summed E-state index contributed by atoms with van der Waals surface area (Å²) >= 11 is 0. The van der Waals surface area contributed by atoms with Gasteiger partial charge in [0.15, 0.2) is 0 Å². The van der Waals surface area contributed by atoms with Crippen LogP contribution in [0.4, 0.5) is 5.69 Å². The Morgan fingerprint density at radius 3 is 2.48 bits per heavy atom. The van der Waals surface area contributed by atoms with E-state index in [0.717, 1.165) is 11.4 Å². The number of carbonyl (C=O) groups excluding carboxylic acids is 2. The second kappa shape index (κ2) is 9.42. The number of nitrogens with one attached hydrogen (secondary N) is 2. The standard InChI is InChI=1S/C19H23N3O3/c1-14(2)13-25-17-8-6-16(7-9-17)22-19(24)18(23)21-12-10-15-5-3-4-11-20-15/h3-9,11,14H,10,12-13H2,1-2H3,(H,21,23)(H,22,24). The first-order valence-electron chi connectivity index (χ1n) is 8.26. The molecule has 0 aliphatic carbocycles. The number of pyridine rings is 1. The molecule has 0 fully saturated rings. The molecule has 0 saturated carbocycles. The highest BCUT2D eigenvalue weighted by Crippen LogP contribution is 2.16. The Morgan fingerprint density at radius 2 is 1.84 bits per heavy atom. The van der Waals surface area contributed by atoms with Crippen molar-refractivity contribution in [3.05, 3.63) is 54.4 Å². The summed E-state index contributed by atoms with van der Waals surface area (Å²) in [7, 11) is 0. The SMILES string of the molecule is CC(C)COc1ccc(NC(=O)C(=O)NCCc2ccccn2)cc1. The Hall–Kier alpha value is -2.89. The summed E-state index contributed by atoms with van der Waals surface area (Å²) in [6, 6.07) is 12.5. The molecule has 6 heteroatoms. The monoisotopic (exact) mass is 341 g/mol. The first-order valence-corrected chi connectivity index (χ1v) is 8.26. The Balaban J connectivity index is 1.75. The van der Waals surface area contributed by atoms with Crippen LogP contribution >= 0.6 is 0 Å². The average molecular weight is 341 g/mol. The minimum absolute atomic E-state index is 0.352. The molecule has 0 atom stereocenters. The van der Waals surface area contributed by atoms with Gasteiger partial charge in [-0.1, -0.05) is 19.9 Å². The molecule has 0 radical (unpaired) electrons. The van der Waals surface area contributed by atoms with Crippen molar-refractivity contribution in [1.82, 2.24) is 10.3 Å². The van der Waals surface area contributed by atoms with Gasteiger partial charge in [-0.05, 0) is 42.3 Å². The van der Waals surface area contributed by atoms with E-state index in [2.05, 4.69) is 29.5 Å². The first kappa shape index (κ1) is 18.4. The average Bonchev–Trinajstić information content (AvgIpc) is 2.62. The van der Waals surface area contributed by atoms with Gasteiger partial charge in [0.05, 0.1) is 6.61 Å². The van der Waals surface area contributed by atoms with E-state index in [1.807, 2.05) is 18.2 Å². The topological polar surface area (TPSA) is 80.3 Å². The summed E-state index contributed by atoms with van der Waals surface area (Å²) in [5.74, 6) is -0.200. The number of carbonyl (C=O) groups is 2. The van der Waals surface area contributed by atoms with E-state index in [4.69, 9.17) is 4.74 Å². The van der Waals surface area contributed by atoms with Gasteiger partial charge in [0.25, 0.3) is 0 Å². The molecular formula is C19H23N3O3. The molecule has 2 rings (SSSR count). The number of ether oxygens (including phenoxy) is 1. The summed E-state index contributed by atoms with van der Waals surface area (Å²) in [6.45, 7) is 5.12. The summed E-state index contributed by atoms with van der Waals surface area (Å²) in [5, 5.41) is 5.14. The van der Waals surface area contributed by atoms with Crippen molar-refractivity contribution in [3.8, 4) is 5.75 Å². The number of nitrogens with zero attached hydrogens (tertiary/aromatic N) is 1. The van der Waals surface area contributed by atoms with Crippen molar-refractivity contribution in [3.63, 3.8) is 0 Å². The Bertz CT molecular complexity index is 685. The highest BCUT2D eigenvalue weighted by atomic mass is 16.5. The van der Waals surface area contributed by atoms with Gasteiger partial charge in [-0.15, -0.1) is 0 Å². The molecule has 0 bridgehead atoms. The summed E-state index contributed by atoms with van der Waals surface area (Å²) < 4.78 is 5.57. The smallest absolute Gasteiger partial charge is 0.313 e. The molecule has 0 spiro atoms. The summed E-state index contributed by atoms with van der Waals surface area (Å²) in [5.41, 5.74) is 1.40. The van der Waals surface area contributed by atoms with E-state index in [1.54, 1.807) is 30.5 Å². The lowest BCUT2D eigenvalue weighted by Crippen LogP contribution is -2.36. The van der Waals surface area contributed by atoms with Crippen molar-refractivity contribution in [2.24, 2.45) is 5.92 Å². The van der Waals surface area contributed by atoms with Crippen LogP contribution in [0.15, 0.2) is 48.7 Å². The molecule has 0 saturated heterocycles. The lowest BCUT2D eigenvalue weighted by Gasteiger charge is -2.10. The van der Waals surface area contributed by atoms with Crippen molar-refractivity contribution in [2.45, 2.75) is 20.3 Å². The number of amides is 2. The lowest BCUT2D eigenvalue weighted by molar-refractivity contribution is -0.136. The Labute approximate surface area is 147 Å². The van der Waals surface area contributed by atoms with Gasteiger partial charge in [-0.3, -0.25) is 14.6 Å². The van der Waals surface area contributed by atoms with E-state index >= 15 is 0 Å². The van der Waals surface area contributed by atoms with Crippen LogP contribution in [0.1, 0.15) is 19.5 Å². The zero-order valence-corrected chi connectivity index (χ0v) is 14.5. The fraction of sp³-hybridized carbons (Fsp3) is 0.316. The molecule has 2 amide bonds. The normalized spacial score (nSPS) is 10.4. The van der Waals surface area contributed by atoms with Crippen LogP contribution in [0.2, 0.25) is 0 Å². The summed E-state index contributed by atoms with van der Waals surface area (Å²) in [4.78, 5) is 27.9. The lowest BCUT2D eigenvalue weighted by atomic mass is 10.2. The quantitative estimate of drug-likeness (QED) is 0.758. The third-order valence-electron chi connectivity index (χ3n) is 3.29. The van der Waals surface area contributed by atoms with E-state index in [1.165, 1.54) is 0 Å². The maximum Gasteiger partial charge on any atom is 0.313 e. The van der Waals surface area contributed by atoms with Gasteiger partial charge in [0, 0.05) is 30.5 Å². The van der Waals surface area contributed by atoms with Crippen LogP contribution in [-0.4, -0.2) is 29.9 Å². The zero-order chi connectivity index (χ0) is 18.1. The largest absolute Gasteiger partial charge is 0.493 e. The van der Waals surface area contributed by atoms with E-state index in [-0.39, 0.29) is 0 Å². The molecule has 0 unspecified atom stereocenters. The van der Waals surface area contributed by atoms with E-state index in [0.29, 0.717) is 31.2 Å². The van der Waals surface area contributed by atoms with Crippen LogP contribution in [0.5, 0.6) is 5.75 Å². The van der Waals surface area contributed by atoms with Gasteiger partial charge in [-0.2, -0.15) is 0 Å². The second-order valence-electron chi connectivity index (χ2n) is 6.01. The van der Waals surface area contributed by atoms with Crippen molar-refractivity contribution >= 4 is 17.5 Å². The van der Waals surface area contributed by atoms with Crippen LogP contribution in [-0.2, 0) is 16.0 Å². The molecule has 2 N–H and O–H groups in total. The highest BCUT2D eigenvalue weighted by Gasteiger charge is 2.13. The van der Waals surface area contributed by atoms with E-state index in [9.17, 15) is 9.59 Å². The number of rotatable bonds is 7. The highest BCUT2D eigenvalue weighted by molar-refractivity contribution is 6.39. The minimum Gasteiger partial charge on any atom is -0.493 e. The molecule has 132 valence electrons. The Kier molecular flexibility index (Phi) is 6.95. The third-order valence-corrected chi connectivity index (χ3v) is 3.29. The molecule has 25 heavy (non-hydrogen) atoms. The minimum atomic E-state index is -0.697. The fourth-order valence-electron chi connectivity index (χ4n) is 2.02. The van der Waals surface area contributed by atoms with Crippen molar-refractivity contribution in [2.75, 3.05) is 18.5 Å². The zero-order valence-electron chi connectivity index (χ0n) is 14.5. The van der Waals surface area contributed by atoms with Crippen LogP contribution in [0, 0.1) is 5.92 Å². The molecule has 0 aliphatic rings. The number of hydrogen-bond donors (Lipinski definition) is 2. The molecule has 1 aromatic heterocycles. The molecular weight excluding hydrogens is 318 g/mol.